The summed E-state index contributed by atoms with van der Waals surface area (Å²) < 4.78 is 0. The predicted molar refractivity (Wildman–Crippen MR) is 116 cm³/mol. The normalized spacial score (nSPS) is 11.1. The van der Waals surface area contributed by atoms with Gasteiger partial charge in [0.25, 0.3) is 0 Å². The van der Waals surface area contributed by atoms with Crippen LogP contribution in [0, 0.1) is 0 Å². The highest BCUT2D eigenvalue weighted by Gasteiger charge is 2.17. The van der Waals surface area contributed by atoms with Crippen molar-refractivity contribution in [3.63, 3.8) is 0 Å². The number of nitrogens with two attached hydrogens (primary N) is 1. The number of benzene rings is 2. The molecule has 6 heteroatoms. The number of nitrogens with zero attached hydrogens (tertiary/aromatic N) is 3. The van der Waals surface area contributed by atoms with Gasteiger partial charge in [-0.15, -0.1) is 0 Å². The van der Waals surface area contributed by atoms with Gasteiger partial charge in [0.15, 0.2) is 11.6 Å². The summed E-state index contributed by atoms with van der Waals surface area (Å²) in [6.07, 6.45) is 1.73. The van der Waals surface area contributed by atoms with E-state index in [9.17, 15) is 0 Å². The van der Waals surface area contributed by atoms with Crippen molar-refractivity contribution < 1.29 is 0 Å². The van der Waals surface area contributed by atoms with Crippen LogP contribution in [0.4, 0.5) is 11.6 Å². The Hall–Kier alpha value is -3.18. The fourth-order valence-corrected chi connectivity index (χ4v) is 3.39. The third-order valence-electron chi connectivity index (χ3n) is 4.33. The molecule has 3 N–H and O–H groups in total. The number of pyridine rings is 1. The van der Waals surface area contributed by atoms with Crippen LogP contribution in [0.2, 0.25) is 5.02 Å². The van der Waals surface area contributed by atoms with Gasteiger partial charge in [0.1, 0.15) is 0 Å². The van der Waals surface area contributed by atoms with E-state index in [-0.39, 0.29) is 6.04 Å². The molecule has 0 spiro atoms. The first-order valence-electron chi connectivity index (χ1n) is 9.07. The third kappa shape index (κ3) is 3.49. The van der Waals surface area contributed by atoms with Crippen LogP contribution in [0.1, 0.15) is 13.8 Å². The molecule has 0 bridgehead atoms. The Balaban J connectivity index is 1.98. The first kappa shape index (κ1) is 18.2. The molecule has 28 heavy (non-hydrogen) atoms. The highest BCUT2D eigenvalue weighted by atomic mass is 35.5. The lowest BCUT2D eigenvalue weighted by Crippen LogP contribution is -2.14. The van der Waals surface area contributed by atoms with Gasteiger partial charge in [0.05, 0.1) is 21.9 Å². The topological polar surface area (TPSA) is 76.7 Å². The van der Waals surface area contributed by atoms with E-state index in [0.717, 1.165) is 27.7 Å². The molecule has 0 radical (unpaired) electrons. The third-order valence-corrected chi connectivity index (χ3v) is 4.62. The van der Waals surface area contributed by atoms with Crippen molar-refractivity contribution in [2.24, 2.45) is 0 Å². The van der Waals surface area contributed by atoms with Gasteiger partial charge in [0.2, 0.25) is 0 Å². The van der Waals surface area contributed by atoms with E-state index in [1.807, 2.05) is 68.4 Å². The molecule has 0 saturated heterocycles. The van der Waals surface area contributed by atoms with E-state index in [0.29, 0.717) is 22.4 Å². The van der Waals surface area contributed by atoms with Crippen molar-refractivity contribution in [1.82, 2.24) is 15.0 Å². The fraction of sp³-hybridized carbons (Fsp3) is 0.136. The van der Waals surface area contributed by atoms with Crippen molar-refractivity contribution in [1.29, 1.82) is 0 Å². The van der Waals surface area contributed by atoms with E-state index in [1.54, 1.807) is 6.20 Å². The van der Waals surface area contributed by atoms with Crippen molar-refractivity contribution in [2.45, 2.75) is 19.9 Å². The number of halogens is 1. The maximum Gasteiger partial charge on any atom is 0.169 e. The summed E-state index contributed by atoms with van der Waals surface area (Å²) in [5.41, 5.74) is 10.2. The van der Waals surface area contributed by atoms with Crippen molar-refractivity contribution in [2.75, 3.05) is 11.1 Å². The molecule has 4 aromatic rings. The number of nitrogen functional groups attached to an aromatic ring is 1. The lowest BCUT2D eigenvalue weighted by Gasteiger charge is -2.16. The van der Waals surface area contributed by atoms with E-state index < -0.39 is 0 Å². The van der Waals surface area contributed by atoms with Crippen molar-refractivity contribution >= 4 is 34.1 Å². The zero-order chi connectivity index (χ0) is 19.7. The maximum atomic E-state index is 6.51. The van der Waals surface area contributed by atoms with Crippen LogP contribution in [0.25, 0.3) is 33.4 Å². The standard InChI is InChI=1S/C22H20ClN5/c1-13(2)26-22-21(24)27-19(14-7-4-3-5-8-14)20(28-22)16-11-15-9-6-10-25-18(15)17(23)12-16/h3-13H,1-2H3,(H2,24,27)(H,26,28). The van der Waals surface area contributed by atoms with Gasteiger partial charge in [-0.25, -0.2) is 9.97 Å². The molecule has 0 amide bonds. The quantitative estimate of drug-likeness (QED) is 0.487. The summed E-state index contributed by atoms with van der Waals surface area (Å²) in [7, 11) is 0. The highest BCUT2D eigenvalue weighted by Crippen LogP contribution is 2.35. The van der Waals surface area contributed by atoms with Crippen molar-refractivity contribution in [3.05, 3.63) is 65.8 Å². The Morgan fingerprint density at radius 3 is 2.43 bits per heavy atom. The molecule has 5 nitrogen and oxygen atoms in total. The number of hydrogen-bond donors (Lipinski definition) is 2. The van der Waals surface area contributed by atoms with Gasteiger partial charge in [-0.05, 0) is 32.0 Å². The minimum Gasteiger partial charge on any atom is -0.381 e. The zero-order valence-electron chi connectivity index (χ0n) is 15.6. The van der Waals surface area contributed by atoms with Gasteiger partial charge >= 0.3 is 0 Å². The van der Waals surface area contributed by atoms with Crippen LogP contribution in [-0.2, 0) is 0 Å². The molecule has 0 unspecified atom stereocenters. The molecule has 0 saturated carbocycles. The molecule has 0 atom stereocenters. The monoisotopic (exact) mass is 389 g/mol. The molecule has 2 aromatic heterocycles. The Bertz CT molecular complexity index is 1140. The zero-order valence-corrected chi connectivity index (χ0v) is 16.4. The van der Waals surface area contributed by atoms with Crippen LogP contribution in [0.3, 0.4) is 0 Å². The molecular formula is C22H20ClN5. The molecule has 4 rings (SSSR count). The Morgan fingerprint density at radius 1 is 0.929 bits per heavy atom. The second-order valence-electron chi connectivity index (χ2n) is 6.85. The van der Waals surface area contributed by atoms with Crippen molar-refractivity contribution in [3.8, 4) is 22.5 Å². The first-order valence-corrected chi connectivity index (χ1v) is 9.45. The van der Waals surface area contributed by atoms with E-state index in [2.05, 4.69) is 15.3 Å². The van der Waals surface area contributed by atoms with Crippen LogP contribution < -0.4 is 11.1 Å². The van der Waals surface area contributed by atoms with Gasteiger partial charge in [0, 0.05) is 28.8 Å². The number of nitrogens with one attached hydrogen (secondary N) is 1. The molecule has 0 aliphatic heterocycles. The van der Waals surface area contributed by atoms with Crippen LogP contribution in [0.5, 0.6) is 0 Å². The number of aromatic nitrogens is 3. The maximum absolute atomic E-state index is 6.51. The lowest BCUT2D eigenvalue weighted by atomic mass is 10.0. The molecule has 0 aliphatic carbocycles. The molecule has 2 aromatic carbocycles. The Morgan fingerprint density at radius 2 is 1.68 bits per heavy atom. The molecule has 140 valence electrons. The second kappa shape index (κ2) is 7.44. The minimum absolute atomic E-state index is 0.177. The number of fused-ring (bicyclic) bond motifs is 1. The lowest BCUT2D eigenvalue weighted by molar-refractivity contribution is 0.888. The first-order chi connectivity index (χ1) is 13.5. The summed E-state index contributed by atoms with van der Waals surface area (Å²) in [6, 6.07) is 17.8. The number of anilines is 2. The van der Waals surface area contributed by atoms with Gasteiger partial charge < -0.3 is 11.1 Å². The number of hydrogen-bond acceptors (Lipinski definition) is 5. The molecule has 0 aliphatic rings. The predicted octanol–water partition coefficient (Wildman–Crippen LogP) is 5.41. The van der Waals surface area contributed by atoms with E-state index in [1.165, 1.54) is 0 Å². The van der Waals surface area contributed by atoms with Gasteiger partial charge in [-0.3, -0.25) is 4.98 Å². The van der Waals surface area contributed by atoms with Crippen LogP contribution in [0.15, 0.2) is 60.8 Å². The average Bonchev–Trinajstić information content (AvgIpc) is 2.69. The summed E-state index contributed by atoms with van der Waals surface area (Å²) in [6.45, 7) is 4.06. The molecule has 2 heterocycles. The average molecular weight is 390 g/mol. The Labute approximate surface area is 168 Å². The summed E-state index contributed by atoms with van der Waals surface area (Å²) in [4.78, 5) is 13.9. The summed E-state index contributed by atoms with van der Waals surface area (Å²) in [5, 5.41) is 4.79. The summed E-state index contributed by atoms with van der Waals surface area (Å²) >= 11 is 6.51. The molecular weight excluding hydrogens is 370 g/mol. The van der Waals surface area contributed by atoms with Crippen LogP contribution in [-0.4, -0.2) is 21.0 Å². The van der Waals surface area contributed by atoms with E-state index in [4.69, 9.17) is 22.3 Å². The molecule has 0 fully saturated rings. The second-order valence-corrected chi connectivity index (χ2v) is 7.26. The van der Waals surface area contributed by atoms with Gasteiger partial charge in [-0.1, -0.05) is 48.0 Å². The largest absolute Gasteiger partial charge is 0.381 e. The van der Waals surface area contributed by atoms with E-state index >= 15 is 0 Å². The smallest absolute Gasteiger partial charge is 0.169 e. The fourth-order valence-electron chi connectivity index (χ4n) is 3.11. The highest BCUT2D eigenvalue weighted by molar-refractivity contribution is 6.35. The summed E-state index contributed by atoms with van der Waals surface area (Å²) in [5.74, 6) is 0.928. The number of rotatable bonds is 4. The Kier molecular flexibility index (Phi) is 4.84. The SMILES string of the molecule is CC(C)Nc1nc(-c2cc(Cl)c3ncccc3c2)c(-c2ccccc2)nc1N. The van der Waals surface area contributed by atoms with Crippen LogP contribution >= 0.6 is 11.6 Å². The van der Waals surface area contributed by atoms with Gasteiger partial charge in [-0.2, -0.15) is 0 Å². The minimum atomic E-state index is 0.177.